The summed E-state index contributed by atoms with van der Waals surface area (Å²) in [5.41, 5.74) is 1.76. The monoisotopic (exact) mass is 381 g/mol. The Morgan fingerprint density at radius 2 is 2.21 bits per heavy atom. The highest BCUT2D eigenvalue weighted by atomic mass is 15.3. The van der Waals surface area contributed by atoms with Gasteiger partial charge in [0.1, 0.15) is 11.7 Å². The largest absolute Gasteiger partial charge is 0.353 e. The second-order valence-corrected chi connectivity index (χ2v) is 9.36. The molecule has 5 rings (SSSR count). The number of nitrogens with zero attached hydrogens (tertiary/aromatic N) is 3. The maximum atomic E-state index is 5.04. The Kier molecular flexibility index (Phi) is 5.35. The third kappa shape index (κ3) is 4.03. The third-order valence-corrected chi connectivity index (χ3v) is 6.24. The van der Waals surface area contributed by atoms with E-state index in [0.29, 0.717) is 17.4 Å². The lowest BCUT2D eigenvalue weighted by atomic mass is 9.66. The summed E-state index contributed by atoms with van der Waals surface area (Å²) in [5, 5.41) is 11.0. The summed E-state index contributed by atoms with van der Waals surface area (Å²) in [6.07, 6.45) is 13.9. The Bertz CT molecular complexity index is 775. The van der Waals surface area contributed by atoms with Crippen LogP contribution in [0.25, 0.3) is 0 Å². The lowest BCUT2D eigenvalue weighted by Crippen LogP contribution is -2.35. The highest BCUT2D eigenvalue weighted by Crippen LogP contribution is 2.56. The van der Waals surface area contributed by atoms with Crippen LogP contribution in [-0.2, 0) is 0 Å². The van der Waals surface area contributed by atoms with Crippen LogP contribution in [0.15, 0.2) is 35.1 Å². The van der Waals surface area contributed by atoms with Gasteiger partial charge in [0.2, 0.25) is 0 Å². The molecule has 152 valence electrons. The van der Waals surface area contributed by atoms with Crippen LogP contribution in [0, 0.1) is 11.3 Å². The molecule has 2 aliphatic carbocycles. The first-order valence-corrected chi connectivity index (χ1v) is 11.0. The molecule has 0 amide bonds. The van der Waals surface area contributed by atoms with Crippen LogP contribution in [0.2, 0.25) is 0 Å². The molecular weight excluding hydrogens is 346 g/mol. The Morgan fingerprint density at radius 1 is 1.43 bits per heavy atom. The van der Waals surface area contributed by atoms with Crippen molar-refractivity contribution in [1.29, 1.82) is 0 Å². The van der Waals surface area contributed by atoms with E-state index < -0.39 is 0 Å². The van der Waals surface area contributed by atoms with Gasteiger partial charge in [0.05, 0.1) is 0 Å². The van der Waals surface area contributed by atoms with Crippen molar-refractivity contribution < 1.29 is 0 Å². The molecule has 3 heterocycles. The Hall–Kier alpha value is -2.04. The van der Waals surface area contributed by atoms with Gasteiger partial charge in [-0.3, -0.25) is 5.10 Å². The predicted octanol–water partition coefficient (Wildman–Crippen LogP) is 5.44. The normalized spacial score (nSPS) is 27.8. The molecule has 2 aliphatic heterocycles. The summed E-state index contributed by atoms with van der Waals surface area (Å²) in [6.45, 7) is 10.1. The molecule has 28 heavy (non-hydrogen) atoms. The van der Waals surface area contributed by atoms with Crippen LogP contribution in [0.5, 0.6) is 0 Å². The predicted molar refractivity (Wildman–Crippen MR) is 116 cm³/mol. The Balaban J connectivity index is 1.50. The van der Waals surface area contributed by atoms with Gasteiger partial charge in [-0.15, -0.1) is 0 Å². The molecule has 1 aromatic rings. The van der Waals surface area contributed by atoms with Crippen molar-refractivity contribution in [3.05, 3.63) is 35.8 Å². The lowest BCUT2D eigenvalue weighted by molar-refractivity contribution is 0.150. The summed E-state index contributed by atoms with van der Waals surface area (Å²) in [6, 6.07) is 2.80. The van der Waals surface area contributed by atoms with Gasteiger partial charge < -0.3 is 10.2 Å². The summed E-state index contributed by atoms with van der Waals surface area (Å²) in [5.74, 6) is 4.28. The van der Waals surface area contributed by atoms with Crippen LogP contribution >= 0.6 is 0 Å². The van der Waals surface area contributed by atoms with Gasteiger partial charge in [0.25, 0.3) is 0 Å². The number of hydrogen-bond acceptors (Lipinski definition) is 3. The lowest BCUT2D eigenvalue weighted by Gasteiger charge is -2.38. The van der Waals surface area contributed by atoms with Crippen molar-refractivity contribution in [2.75, 3.05) is 11.9 Å². The van der Waals surface area contributed by atoms with Gasteiger partial charge in [0, 0.05) is 30.3 Å². The molecule has 2 saturated carbocycles. The van der Waals surface area contributed by atoms with Crippen molar-refractivity contribution in [3.8, 4) is 0 Å². The Morgan fingerprint density at radius 3 is 2.86 bits per heavy atom. The zero-order valence-corrected chi connectivity index (χ0v) is 17.8. The minimum Gasteiger partial charge on any atom is -0.353 e. The number of nitrogens with one attached hydrogen (secondary N) is 2. The van der Waals surface area contributed by atoms with E-state index in [1.165, 1.54) is 37.8 Å². The average molecular weight is 382 g/mol. The molecule has 2 bridgehead atoms. The van der Waals surface area contributed by atoms with E-state index in [4.69, 9.17) is 4.99 Å². The van der Waals surface area contributed by atoms with Crippen LogP contribution in [0.4, 0.5) is 5.82 Å². The molecule has 5 heteroatoms. The molecule has 2 saturated heterocycles. The third-order valence-electron chi connectivity index (χ3n) is 6.24. The highest BCUT2D eigenvalue weighted by molar-refractivity contribution is 6.03. The van der Waals surface area contributed by atoms with E-state index >= 15 is 0 Å². The molecule has 2 N–H and O–H groups in total. The van der Waals surface area contributed by atoms with Crippen LogP contribution in [0.3, 0.4) is 0 Å². The molecule has 4 aliphatic rings. The SMILES string of the molecule is C\C=C/C(=N\C(=C\CC)N1CC2(CC(C)C)CC1C2)Nc1cc(C2CC2)[nH]n1. The topological polar surface area (TPSA) is 56.3 Å². The fourth-order valence-corrected chi connectivity index (χ4v) is 5.08. The summed E-state index contributed by atoms with van der Waals surface area (Å²) < 4.78 is 0. The number of fused-ring (bicyclic) bond motifs is 1. The first-order chi connectivity index (χ1) is 13.5. The second kappa shape index (κ2) is 7.76. The zero-order chi connectivity index (χ0) is 19.7. The van der Waals surface area contributed by atoms with Gasteiger partial charge in [0.15, 0.2) is 5.82 Å². The van der Waals surface area contributed by atoms with E-state index in [1.54, 1.807) is 0 Å². The van der Waals surface area contributed by atoms with Gasteiger partial charge in [-0.1, -0.05) is 26.8 Å². The molecule has 5 nitrogen and oxygen atoms in total. The van der Waals surface area contributed by atoms with Gasteiger partial charge in [-0.25, -0.2) is 4.99 Å². The van der Waals surface area contributed by atoms with E-state index in [-0.39, 0.29) is 0 Å². The number of hydrogen-bond donors (Lipinski definition) is 2. The van der Waals surface area contributed by atoms with Crippen LogP contribution in [-0.4, -0.2) is 33.5 Å². The van der Waals surface area contributed by atoms with E-state index in [1.807, 2.05) is 19.1 Å². The van der Waals surface area contributed by atoms with Crippen molar-refractivity contribution in [2.45, 2.75) is 78.2 Å². The maximum absolute atomic E-state index is 5.04. The van der Waals surface area contributed by atoms with Gasteiger partial charge >= 0.3 is 0 Å². The minimum atomic E-state index is 0.525. The van der Waals surface area contributed by atoms with Crippen LogP contribution < -0.4 is 5.32 Å². The van der Waals surface area contributed by atoms with Crippen molar-refractivity contribution in [2.24, 2.45) is 16.3 Å². The molecule has 0 unspecified atom stereocenters. The van der Waals surface area contributed by atoms with E-state index in [9.17, 15) is 0 Å². The average Bonchev–Trinajstić information content (AvgIpc) is 3.11. The minimum absolute atomic E-state index is 0.525. The van der Waals surface area contributed by atoms with E-state index in [0.717, 1.165) is 36.4 Å². The number of H-pyrrole nitrogens is 1. The Labute approximate surface area is 169 Å². The van der Waals surface area contributed by atoms with Gasteiger partial charge in [-0.05, 0) is 68.9 Å². The molecule has 4 fully saturated rings. The molecular formula is C23H35N5. The number of anilines is 1. The fraction of sp³-hybridized carbons (Fsp3) is 0.652. The molecule has 0 aromatic carbocycles. The number of aliphatic imine (C=N–C) groups is 1. The quantitative estimate of drug-likeness (QED) is 0.466. The van der Waals surface area contributed by atoms with Crippen molar-refractivity contribution in [1.82, 2.24) is 15.1 Å². The zero-order valence-electron chi connectivity index (χ0n) is 17.8. The number of aromatic amines is 1. The highest BCUT2D eigenvalue weighted by Gasteiger charge is 2.55. The summed E-state index contributed by atoms with van der Waals surface area (Å²) in [7, 11) is 0. The number of aromatic nitrogens is 2. The smallest absolute Gasteiger partial charge is 0.153 e. The van der Waals surface area contributed by atoms with Crippen LogP contribution in [0.1, 0.15) is 77.8 Å². The van der Waals surface area contributed by atoms with Gasteiger partial charge in [-0.2, -0.15) is 5.10 Å². The van der Waals surface area contributed by atoms with Crippen molar-refractivity contribution in [3.63, 3.8) is 0 Å². The summed E-state index contributed by atoms with van der Waals surface area (Å²) >= 11 is 0. The van der Waals surface area contributed by atoms with Crippen molar-refractivity contribution >= 4 is 11.7 Å². The maximum Gasteiger partial charge on any atom is 0.153 e. The second-order valence-electron chi connectivity index (χ2n) is 9.36. The molecule has 1 aromatic heterocycles. The number of amidine groups is 1. The summed E-state index contributed by atoms with van der Waals surface area (Å²) in [4.78, 5) is 7.59. The van der Waals surface area contributed by atoms with E-state index in [2.05, 4.69) is 53.3 Å². The first kappa shape index (κ1) is 19.3. The molecule has 0 spiro atoms. The number of allylic oxidation sites excluding steroid dienone is 2. The standard InChI is InChI=1S/C23H35N5/c1-5-7-20(24-21-11-19(26-27-21)17-9-10-17)25-22(8-6-2)28-15-23(12-16(3)4)13-18(28)14-23/h5,7-8,11,16-18H,6,9-10,12-15H2,1-4H3,(H2,24,25,26,27)/b7-5-,22-8-. The molecule has 0 atom stereocenters. The fourth-order valence-electron chi connectivity index (χ4n) is 5.08. The number of rotatable bonds is 8. The molecule has 0 radical (unpaired) electrons. The first-order valence-electron chi connectivity index (χ1n) is 11.0.